The molecule has 5 nitrogen and oxygen atoms in total. The van der Waals surface area contributed by atoms with Gasteiger partial charge in [0.1, 0.15) is 11.3 Å². The lowest BCUT2D eigenvalue weighted by atomic mass is 10.0. The van der Waals surface area contributed by atoms with Gasteiger partial charge in [-0.3, -0.25) is 10.1 Å². The Bertz CT molecular complexity index is 1240. The molecule has 1 fully saturated rings. The third kappa shape index (κ3) is 4.94. The van der Waals surface area contributed by atoms with Crippen molar-refractivity contribution >= 4 is 45.1 Å². The number of methoxy groups -OCH3 is 1. The van der Waals surface area contributed by atoms with Crippen molar-refractivity contribution < 1.29 is 13.9 Å². The number of anilines is 1. The van der Waals surface area contributed by atoms with Crippen molar-refractivity contribution in [2.45, 2.75) is 43.1 Å². The van der Waals surface area contributed by atoms with Crippen LogP contribution in [0.15, 0.2) is 58.3 Å². The maximum atomic E-state index is 13.2. The van der Waals surface area contributed by atoms with Gasteiger partial charge in [-0.05, 0) is 43.2 Å². The van der Waals surface area contributed by atoms with Gasteiger partial charge in [0.2, 0.25) is 0 Å². The predicted molar refractivity (Wildman–Crippen MR) is 136 cm³/mol. The van der Waals surface area contributed by atoms with Gasteiger partial charge in [0.05, 0.1) is 12.8 Å². The molecule has 1 aliphatic rings. The number of carbonyl (C=O) groups excluding carboxylic acids is 1. The second-order valence-electron chi connectivity index (χ2n) is 8.20. The number of thiazole rings is 1. The molecule has 0 aliphatic heterocycles. The summed E-state index contributed by atoms with van der Waals surface area (Å²) in [5.74, 6) is 1.71. The summed E-state index contributed by atoms with van der Waals surface area (Å²) in [5.41, 5.74) is 3.52. The maximum Gasteiger partial charge on any atom is 0.293 e. The molecule has 2 aromatic carbocycles. The van der Waals surface area contributed by atoms with Gasteiger partial charge >= 0.3 is 0 Å². The topological polar surface area (TPSA) is 64.4 Å². The van der Waals surface area contributed by atoms with Gasteiger partial charge in [-0.1, -0.05) is 37.5 Å². The minimum absolute atomic E-state index is 0.249. The van der Waals surface area contributed by atoms with Crippen LogP contribution < -0.4 is 10.1 Å². The number of carbonyl (C=O) groups is 1. The molecule has 1 N–H and O–H groups in total. The summed E-state index contributed by atoms with van der Waals surface area (Å²) in [6, 6.07) is 15.6. The summed E-state index contributed by atoms with van der Waals surface area (Å²) in [6.07, 6.45) is 6.46. The Hall–Kier alpha value is -2.77. The highest BCUT2D eigenvalue weighted by Gasteiger charge is 2.23. The number of nitrogens with one attached hydrogen (secondary N) is 1. The average Bonchev–Trinajstić information content (AvgIpc) is 3.48. The number of ether oxygens (including phenoxy) is 1. The van der Waals surface area contributed by atoms with E-state index in [0.29, 0.717) is 16.1 Å². The van der Waals surface area contributed by atoms with Crippen molar-refractivity contribution in [2.24, 2.45) is 0 Å². The third-order valence-electron chi connectivity index (χ3n) is 6.03. The van der Waals surface area contributed by atoms with E-state index in [4.69, 9.17) is 9.15 Å². The largest absolute Gasteiger partial charge is 0.497 e. The molecule has 0 unspecified atom stereocenters. The van der Waals surface area contributed by atoms with Crippen LogP contribution in [0.3, 0.4) is 0 Å². The molecule has 33 heavy (non-hydrogen) atoms. The van der Waals surface area contributed by atoms with Crippen molar-refractivity contribution in [1.29, 1.82) is 0 Å². The lowest BCUT2D eigenvalue weighted by molar-refractivity contribution is 0.0998. The maximum absolute atomic E-state index is 13.2. The molecule has 5 rings (SSSR count). The van der Waals surface area contributed by atoms with Crippen LogP contribution in [0, 0.1) is 0 Å². The molecule has 1 saturated carbocycles. The number of amides is 1. The molecular weight excluding hydrogens is 452 g/mol. The zero-order chi connectivity index (χ0) is 22.6. The normalized spacial score (nSPS) is 14.5. The summed E-state index contributed by atoms with van der Waals surface area (Å²) in [7, 11) is 1.64. The quantitative estimate of drug-likeness (QED) is 0.300. The van der Waals surface area contributed by atoms with Gasteiger partial charge in [0, 0.05) is 32.9 Å². The van der Waals surface area contributed by atoms with Gasteiger partial charge in [-0.2, -0.15) is 11.8 Å². The van der Waals surface area contributed by atoms with Gasteiger partial charge in [0.15, 0.2) is 10.9 Å². The van der Waals surface area contributed by atoms with E-state index in [1.165, 1.54) is 43.4 Å². The number of rotatable bonds is 7. The number of fused-ring (bicyclic) bond motifs is 1. The van der Waals surface area contributed by atoms with Crippen molar-refractivity contribution in [3.8, 4) is 17.0 Å². The first-order valence-corrected chi connectivity index (χ1v) is 13.2. The molecule has 4 aromatic rings. The molecule has 7 heteroatoms. The summed E-state index contributed by atoms with van der Waals surface area (Å²) in [5, 5.41) is 7.12. The van der Waals surface area contributed by atoms with Crippen molar-refractivity contribution in [2.75, 3.05) is 12.4 Å². The molecule has 0 spiro atoms. The van der Waals surface area contributed by atoms with Crippen LogP contribution in [0.4, 0.5) is 5.13 Å². The minimum Gasteiger partial charge on any atom is -0.497 e. The van der Waals surface area contributed by atoms with Crippen LogP contribution in [-0.2, 0) is 5.75 Å². The standard InChI is InChI=1S/C26H26N2O3S2/c1-30-18-13-11-17(12-14-18)22-16-33-26(27-22)28-25(29)24-21(15-32-19-7-3-2-4-8-19)20-9-5-6-10-23(20)31-24/h5-6,9-14,16,19H,2-4,7-8,15H2,1H3,(H,27,28,29). The molecule has 1 amide bonds. The Kier molecular flexibility index (Phi) is 6.69. The van der Waals surface area contributed by atoms with Crippen LogP contribution in [-0.4, -0.2) is 23.3 Å². The fourth-order valence-electron chi connectivity index (χ4n) is 4.24. The minimum atomic E-state index is -0.249. The van der Waals surface area contributed by atoms with Gasteiger partial charge in [0.25, 0.3) is 5.91 Å². The Morgan fingerprint density at radius 3 is 2.73 bits per heavy atom. The van der Waals surface area contributed by atoms with Crippen molar-refractivity contribution in [1.82, 2.24) is 4.98 Å². The lowest BCUT2D eigenvalue weighted by Crippen LogP contribution is -2.13. The fraction of sp³-hybridized carbons (Fsp3) is 0.308. The van der Waals surface area contributed by atoms with Crippen LogP contribution in [0.2, 0.25) is 0 Å². The Balaban J connectivity index is 1.35. The molecule has 0 saturated heterocycles. The average molecular weight is 479 g/mol. The van der Waals surface area contributed by atoms with Crippen LogP contribution in [0.1, 0.15) is 48.2 Å². The van der Waals surface area contributed by atoms with Gasteiger partial charge < -0.3 is 9.15 Å². The number of para-hydroxylation sites is 1. The first-order chi connectivity index (χ1) is 16.2. The monoisotopic (exact) mass is 478 g/mol. The predicted octanol–water partition coefficient (Wildman–Crippen LogP) is 7.38. The summed E-state index contributed by atoms with van der Waals surface area (Å²) in [6.45, 7) is 0. The summed E-state index contributed by atoms with van der Waals surface area (Å²) in [4.78, 5) is 17.8. The van der Waals surface area contributed by atoms with Gasteiger partial charge in [-0.15, -0.1) is 11.3 Å². The number of benzene rings is 2. The molecule has 2 aromatic heterocycles. The second-order valence-corrected chi connectivity index (χ2v) is 10.3. The smallest absolute Gasteiger partial charge is 0.293 e. The number of thioether (sulfide) groups is 1. The van der Waals surface area contributed by atoms with E-state index in [0.717, 1.165) is 39.3 Å². The van der Waals surface area contributed by atoms with Gasteiger partial charge in [-0.25, -0.2) is 4.98 Å². The van der Waals surface area contributed by atoms with Crippen LogP contribution in [0.25, 0.3) is 22.2 Å². The highest BCUT2D eigenvalue weighted by atomic mass is 32.2. The summed E-state index contributed by atoms with van der Waals surface area (Å²) >= 11 is 3.35. The highest BCUT2D eigenvalue weighted by Crippen LogP contribution is 2.35. The highest BCUT2D eigenvalue weighted by molar-refractivity contribution is 7.99. The van der Waals surface area contributed by atoms with E-state index < -0.39 is 0 Å². The number of nitrogens with zero attached hydrogens (tertiary/aromatic N) is 1. The number of hydrogen-bond acceptors (Lipinski definition) is 6. The summed E-state index contributed by atoms with van der Waals surface area (Å²) < 4.78 is 11.2. The Labute approximate surface area is 201 Å². The lowest BCUT2D eigenvalue weighted by Gasteiger charge is -2.20. The first kappa shape index (κ1) is 22.0. The van der Waals surface area contributed by atoms with Crippen LogP contribution >= 0.6 is 23.1 Å². The first-order valence-electron chi connectivity index (χ1n) is 11.2. The van der Waals surface area contributed by atoms with E-state index in [9.17, 15) is 4.79 Å². The molecule has 2 heterocycles. The zero-order valence-corrected chi connectivity index (χ0v) is 20.1. The van der Waals surface area contributed by atoms with E-state index in [1.807, 2.05) is 65.7 Å². The van der Waals surface area contributed by atoms with E-state index in [-0.39, 0.29) is 5.91 Å². The van der Waals surface area contributed by atoms with E-state index in [2.05, 4.69) is 10.3 Å². The molecule has 0 atom stereocenters. The molecule has 170 valence electrons. The SMILES string of the molecule is COc1ccc(-c2csc(NC(=O)c3oc4ccccc4c3CSC3CCCCC3)n2)cc1. The Morgan fingerprint density at radius 1 is 1.15 bits per heavy atom. The number of furan rings is 1. The fourth-order valence-corrected chi connectivity index (χ4v) is 6.31. The second kappa shape index (κ2) is 10.0. The van der Waals surface area contributed by atoms with E-state index >= 15 is 0 Å². The van der Waals surface area contributed by atoms with Crippen molar-refractivity contribution in [3.63, 3.8) is 0 Å². The molecule has 0 bridgehead atoms. The van der Waals surface area contributed by atoms with Crippen LogP contribution in [0.5, 0.6) is 5.75 Å². The van der Waals surface area contributed by atoms with Crippen molar-refractivity contribution in [3.05, 3.63) is 65.2 Å². The number of aromatic nitrogens is 1. The third-order valence-corrected chi connectivity index (χ3v) is 8.19. The Morgan fingerprint density at radius 2 is 1.94 bits per heavy atom. The molecule has 1 aliphatic carbocycles. The molecule has 0 radical (unpaired) electrons. The zero-order valence-electron chi connectivity index (χ0n) is 18.5. The molecular formula is C26H26N2O3S2. The number of hydrogen-bond donors (Lipinski definition) is 1. The van der Waals surface area contributed by atoms with E-state index in [1.54, 1.807) is 7.11 Å².